The van der Waals surface area contributed by atoms with Crippen LogP contribution in [0.5, 0.6) is 0 Å². The molecule has 106 valence electrons. The van der Waals surface area contributed by atoms with Crippen LogP contribution in [0.25, 0.3) is 0 Å². The minimum absolute atomic E-state index is 0.177. The number of methoxy groups -OCH3 is 1. The Morgan fingerprint density at radius 2 is 2.37 bits per heavy atom. The zero-order chi connectivity index (χ0) is 13.7. The Bertz CT molecular complexity index is 425. The standard InChI is InChI=1S/C13H21N3O3/c1-3-6-11-12(13(17)18-2)14-15-16(11)9-10-7-4-5-8-19-10/h10H,3-9H2,1-2H3. The van der Waals surface area contributed by atoms with Crippen LogP contribution in [0.15, 0.2) is 0 Å². The number of esters is 1. The molecular weight excluding hydrogens is 246 g/mol. The lowest BCUT2D eigenvalue weighted by molar-refractivity contribution is 0.00320. The zero-order valence-electron chi connectivity index (χ0n) is 11.6. The second-order valence-electron chi connectivity index (χ2n) is 4.80. The van der Waals surface area contributed by atoms with Gasteiger partial charge in [-0.3, -0.25) is 0 Å². The molecule has 0 N–H and O–H groups in total. The average molecular weight is 267 g/mol. The van der Waals surface area contributed by atoms with Crippen LogP contribution in [0.3, 0.4) is 0 Å². The second-order valence-corrected chi connectivity index (χ2v) is 4.80. The Kier molecular flexibility index (Phi) is 4.90. The number of ether oxygens (including phenoxy) is 2. The molecule has 0 saturated carbocycles. The summed E-state index contributed by atoms with van der Waals surface area (Å²) in [5.41, 5.74) is 1.18. The Labute approximate surface area is 113 Å². The Balaban J connectivity index is 2.14. The number of nitrogens with zero attached hydrogens (tertiary/aromatic N) is 3. The molecule has 2 rings (SSSR count). The van der Waals surface area contributed by atoms with Crippen LogP contribution in [-0.4, -0.2) is 40.8 Å². The van der Waals surface area contributed by atoms with Crippen molar-refractivity contribution in [3.63, 3.8) is 0 Å². The first-order valence-corrected chi connectivity index (χ1v) is 6.88. The van der Waals surface area contributed by atoms with E-state index in [1.807, 2.05) is 0 Å². The summed E-state index contributed by atoms with van der Waals surface area (Å²) in [6.45, 7) is 3.54. The summed E-state index contributed by atoms with van der Waals surface area (Å²) in [6, 6.07) is 0. The molecule has 1 fully saturated rings. The molecule has 1 aromatic rings. The maximum atomic E-state index is 11.6. The molecule has 0 aliphatic carbocycles. The highest BCUT2D eigenvalue weighted by Gasteiger charge is 2.22. The summed E-state index contributed by atoms with van der Waals surface area (Å²) in [6.07, 6.45) is 5.23. The highest BCUT2D eigenvalue weighted by molar-refractivity contribution is 5.88. The zero-order valence-corrected chi connectivity index (χ0v) is 11.6. The number of hydrogen-bond acceptors (Lipinski definition) is 5. The van der Waals surface area contributed by atoms with E-state index >= 15 is 0 Å². The summed E-state index contributed by atoms with van der Waals surface area (Å²) in [5.74, 6) is -0.417. The van der Waals surface area contributed by atoms with Gasteiger partial charge in [-0.25, -0.2) is 9.48 Å². The van der Waals surface area contributed by atoms with Crippen LogP contribution in [0.2, 0.25) is 0 Å². The summed E-state index contributed by atoms with van der Waals surface area (Å²) >= 11 is 0. The molecule has 0 bridgehead atoms. The van der Waals surface area contributed by atoms with E-state index in [-0.39, 0.29) is 6.10 Å². The van der Waals surface area contributed by atoms with Gasteiger partial charge in [-0.05, 0) is 25.7 Å². The fraction of sp³-hybridized carbons (Fsp3) is 0.769. The predicted molar refractivity (Wildman–Crippen MR) is 68.9 cm³/mol. The van der Waals surface area contributed by atoms with E-state index in [0.717, 1.165) is 38.0 Å². The Morgan fingerprint density at radius 3 is 3.00 bits per heavy atom. The second kappa shape index (κ2) is 6.65. The number of hydrogen-bond donors (Lipinski definition) is 0. The molecule has 1 aliphatic rings. The Morgan fingerprint density at radius 1 is 1.53 bits per heavy atom. The maximum absolute atomic E-state index is 11.6. The summed E-state index contributed by atoms with van der Waals surface area (Å²) in [4.78, 5) is 11.6. The number of rotatable bonds is 5. The van der Waals surface area contributed by atoms with Crippen molar-refractivity contribution in [2.24, 2.45) is 0 Å². The lowest BCUT2D eigenvalue weighted by Gasteiger charge is -2.22. The number of carbonyl (C=O) groups is 1. The third-order valence-corrected chi connectivity index (χ3v) is 3.35. The average Bonchev–Trinajstić information content (AvgIpc) is 2.83. The fourth-order valence-corrected chi connectivity index (χ4v) is 2.36. The van der Waals surface area contributed by atoms with E-state index in [4.69, 9.17) is 9.47 Å². The van der Waals surface area contributed by atoms with Gasteiger partial charge in [-0.1, -0.05) is 18.6 Å². The number of aromatic nitrogens is 3. The van der Waals surface area contributed by atoms with Gasteiger partial charge in [-0.15, -0.1) is 5.10 Å². The molecule has 1 aromatic heterocycles. The van der Waals surface area contributed by atoms with E-state index in [0.29, 0.717) is 12.2 Å². The summed E-state index contributed by atoms with van der Waals surface area (Å²) in [7, 11) is 1.36. The van der Waals surface area contributed by atoms with Gasteiger partial charge < -0.3 is 9.47 Å². The monoisotopic (exact) mass is 267 g/mol. The quantitative estimate of drug-likeness (QED) is 0.758. The first-order valence-electron chi connectivity index (χ1n) is 6.88. The van der Waals surface area contributed by atoms with Gasteiger partial charge in [0.1, 0.15) is 0 Å². The molecule has 6 nitrogen and oxygen atoms in total. The van der Waals surface area contributed by atoms with E-state index in [1.54, 1.807) is 4.68 Å². The van der Waals surface area contributed by atoms with E-state index < -0.39 is 5.97 Å². The smallest absolute Gasteiger partial charge is 0.360 e. The third kappa shape index (κ3) is 3.32. The van der Waals surface area contributed by atoms with Gasteiger partial charge in [0.05, 0.1) is 25.5 Å². The van der Waals surface area contributed by atoms with Gasteiger partial charge >= 0.3 is 5.97 Å². The molecular formula is C13H21N3O3. The van der Waals surface area contributed by atoms with Gasteiger partial charge in [0.15, 0.2) is 5.69 Å². The fourth-order valence-electron chi connectivity index (χ4n) is 2.36. The first kappa shape index (κ1) is 14.0. The molecule has 1 unspecified atom stereocenters. The lowest BCUT2D eigenvalue weighted by atomic mass is 10.1. The normalized spacial score (nSPS) is 19.4. The van der Waals surface area contributed by atoms with Crippen molar-refractivity contribution in [1.82, 2.24) is 15.0 Å². The van der Waals surface area contributed by atoms with Crippen molar-refractivity contribution < 1.29 is 14.3 Å². The Hall–Kier alpha value is -1.43. The molecule has 2 heterocycles. The minimum Gasteiger partial charge on any atom is -0.464 e. The van der Waals surface area contributed by atoms with Crippen molar-refractivity contribution >= 4 is 5.97 Å². The summed E-state index contributed by atoms with van der Waals surface area (Å²) < 4.78 is 12.2. The molecule has 6 heteroatoms. The first-order chi connectivity index (χ1) is 9.26. The number of carbonyl (C=O) groups excluding carboxylic acids is 1. The summed E-state index contributed by atoms with van der Waals surface area (Å²) in [5, 5.41) is 8.04. The van der Waals surface area contributed by atoms with Gasteiger partial charge in [-0.2, -0.15) is 0 Å². The molecule has 0 amide bonds. The molecule has 1 atom stereocenters. The van der Waals surface area contributed by atoms with Crippen molar-refractivity contribution in [3.05, 3.63) is 11.4 Å². The van der Waals surface area contributed by atoms with Gasteiger partial charge in [0.25, 0.3) is 0 Å². The van der Waals surface area contributed by atoms with Crippen LogP contribution >= 0.6 is 0 Å². The third-order valence-electron chi connectivity index (χ3n) is 3.35. The minimum atomic E-state index is -0.417. The lowest BCUT2D eigenvalue weighted by Crippen LogP contribution is -2.26. The molecule has 1 aliphatic heterocycles. The highest BCUT2D eigenvalue weighted by atomic mass is 16.5. The molecule has 0 spiro atoms. The van der Waals surface area contributed by atoms with Crippen LogP contribution in [0.1, 0.15) is 48.8 Å². The SMILES string of the molecule is CCCc1c(C(=O)OC)nnn1CC1CCCCO1. The van der Waals surface area contributed by atoms with Gasteiger partial charge in [0.2, 0.25) is 0 Å². The largest absolute Gasteiger partial charge is 0.464 e. The van der Waals surface area contributed by atoms with Gasteiger partial charge in [0, 0.05) is 6.61 Å². The van der Waals surface area contributed by atoms with Crippen molar-refractivity contribution in [2.45, 2.75) is 51.7 Å². The van der Waals surface area contributed by atoms with Crippen LogP contribution in [0.4, 0.5) is 0 Å². The van der Waals surface area contributed by atoms with E-state index in [1.165, 1.54) is 13.5 Å². The maximum Gasteiger partial charge on any atom is 0.360 e. The van der Waals surface area contributed by atoms with E-state index in [2.05, 4.69) is 17.2 Å². The van der Waals surface area contributed by atoms with Crippen molar-refractivity contribution in [3.8, 4) is 0 Å². The molecule has 0 radical (unpaired) electrons. The van der Waals surface area contributed by atoms with Crippen LogP contribution < -0.4 is 0 Å². The predicted octanol–water partition coefficient (Wildman–Crippen LogP) is 1.59. The van der Waals surface area contributed by atoms with Crippen molar-refractivity contribution in [2.75, 3.05) is 13.7 Å². The van der Waals surface area contributed by atoms with Crippen LogP contribution in [-0.2, 0) is 22.4 Å². The molecule has 0 aromatic carbocycles. The molecule has 19 heavy (non-hydrogen) atoms. The highest BCUT2D eigenvalue weighted by Crippen LogP contribution is 2.17. The molecule has 1 saturated heterocycles. The van der Waals surface area contributed by atoms with Crippen molar-refractivity contribution in [1.29, 1.82) is 0 Å². The van der Waals surface area contributed by atoms with E-state index in [9.17, 15) is 4.79 Å². The van der Waals surface area contributed by atoms with Crippen LogP contribution in [0, 0.1) is 0 Å². The topological polar surface area (TPSA) is 66.2 Å².